The molecule has 1 amide bonds. The minimum absolute atomic E-state index is 0.0597. The molecule has 1 atom stereocenters. The van der Waals surface area contributed by atoms with Crippen LogP contribution in [0.3, 0.4) is 0 Å². The van der Waals surface area contributed by atoms with Gasteiger partial charge in [-0.05, 0) is 56.5 Å². The molecule has 0 aliphatic heterocycles. The molecule has 0 saturated carbocycles. The Morgan fingerprint density at radius 2 is 1.68 bits per heavy atom. The Labute approximate surface area is 137 Å². The zero-order valence-corrected chi connectivity index (χ0v) is 14.4. The molecule has 0 saturated heterocycles. The Hall–Kier alpha value is -1.74. The van der Waals surface area contributed by atoms with Crippen LogP contribution in [0.15, 0.2) is 53.4 Å². The van der Waals surface area contributed by atoms with Gasteiger partial charge in [0.15, 0.2) is 0 Å². The minimum atomic E-state index is -0.231. The second-order valence-corrected chi connectivity index (χ2v) is 7.00. The Balaban J connectivity index is 2.28. The number of benzene rings is 2. The van der Waals surface area contributed by atoms with E-state index < -0.39 is 0 Å². The summed E-state index contributed by atoms with van der Waals surface area (Å²) in [6.07, 6.45) is 0. The highest BCUT2D eigenvalue weighted by Crippen LogP contribution is 2.36. The van der Waals surface area contributed by atoms with E-state index in [4.69, 9.17) is 0 Å². The van der Waals surface area contributed by atoms with Crippen molar-refractivity contribution >= 4 is 17.7 Å². The van der Waals surface area contributed by atoms with Crippen LogP contribution in [-0.2, 0) is 4.79 Å². The highest BCUT2D eigenvalue weighted by molar-refractivity contribution is 8.00. The van der Waals surface area contributed by atoms with Crippen LogP contribution in [-0.4, -0.2) is 11.9 Å². The highest BCUT2D eigenvalue weighted by Gasteiger charge is 2.22. The van der Waals surface area contributed by atoms with Crippen LogP contribution in [0.5, 0.6) is 0 Å². The van der Waals surface area contributed by atoms with Crippen LogP contribution in [0.25, 0.3) is 0 Å². The third kappa shape index (κ3) is 4.38. The maximum absolute atomic E-state index is 12.6. The minimum Gasteiger partial charge on any atom is -0.353 e. The van der Waals surface area contributed by atoms with Crippen molar-refractivity contribution < 1.29 is 4.79 Å². The lowest BCUT2D eigenvalue weighted by atomic mass is 10.1. The summed E-state index contributed by atoms with van der Waals surface area (Å²) < 4.78 is 0. The Kier molecular flexibility index (Phi) is 5.67. The van der Waals surface area contributed by atoms with E-state index >= 15 is 0 Å². The number of thioether (sulfide) groups is 1. The van der Waals surface area contributed by atoms with Crippen molar-refractivity contribution in [1.29, 1.82) is 0 Å². The van der Waals surface area contributed by atoms with Crippen molar-refractivity contribution in [3.05, 3.63) is 65.2 Å². The van der Waals surface area contributed by atoms with E-state index in [0.29, 0.717) is 0 Å². The Bertz CT molecular complexity index is 637. The average molecular weight is 313 g/mol. The van der Waals surface area contributed by atoms with Gasteiger partial charge in [-0.1, -0.05) is 36.4 Å². The molecule has 1 N–H and O–H groups in total. The quantitative estimate of drug-likeness (QED) is 0.813. The van der Waals surface area contributed by atoms with Crippen molar-refractivity contribution in [2.75, 3.05) is 0 Å². The number of hydrogen-bond donors (Lipinski definition) is 1. The SMILES string of the molecule is Cc1ccc(SC(C(=O)NC(C)C)c2ccccc2)cc1C. The first-order valence-electron chi connectivity index (χ1n) is 7.56. The zero-order chi connectivity index (χ0) is 16.1. The topological polar surface area (TPSA) is 29.1 Å². The van der Waals surface area contributed by atoms with Crippen molar-refractivity contribution in [2.45, 2.75) is 43.9 Å². The molecule has 3 heteroatoms. The monoisotopic (exact) mass is 313 g/mol. The van der Waals surface area contributed by atoms with Gasteiger partial charge in [0.05, 0.1) is 0 Å². The molecule has 1 unspecified atom stereocenters. The maximum atomic E-state index is 12.6. The van der Waals surface area contributed by atoms with Gasteiger partial charge in [0.2, 0.25) is 5.91 Å². The van der Waals surface area contributed by atoms with Gasteiger partial charge in [-0.3, -0.25) is 4.79 Å². The number of aryl methyl sites for hydroxylation is 2. The summed E-state index contributed by atoms with van der Waals surface area (Å²) in [5, 5.41) is 2.80. The molecule has 2 aromatic rings. The molecular weight excluding hydrogens is 290 g/mol. The molecule has 0 radical (unpaired) electrons. The third-order valence-electron chi connectivity index (χ3n) is 3.50. The number of hydrogen-bond acceptors (Lipinski definition) is 2. The standard InChI is InChI=1S/C19H23NOS/c1-13(2)20-19(21)18(16-8-6-5-7-9-16)22-17-11-10-14(3)15(4)12-17/h5-13,18H,1-4H3,(H,20,21). The van der Waals surface area contributed by atoms with E-state index in [1.165, 1.54) is 11.1 Å². The molecule has 0 heterocycles. The molecule has 0 aliphatic carbocycles. The molecule has 116 valence electrons. The van der Waals surface area contributed by atoms with Gasteiger partial charge < -0.3 is 5.32 Å². The Morgan fingerprint density at radius 1 is 1.00 bits per heavy atom. The fraction of sp³-hybridized carbons (Fsp3) is 0.316. The van der Waals surface area contributed by atoms with Gasteiger partial charge >= 0.3 is 0 Å². The van der Waals surface area contributed by atoms with E-state index in [1.54, 1.807) is 11.8 Å². The number of nitrogens with one attached hydrogen (secondary N) is 1. The normalized spacial score (nSPS) is 12.2. The predicted octanol–water partition coefficient (Wildman–Crippen LogP) is 4.66. The van der Waals surface area contributed by atoms with Crippen LogP contribution in [0.1, 0.15) is 35.8 Å². The van der Waals surface area contributed by atoms with Crippen molar-refractivity contribution in [2.24, 2.45) is 0 Å². The molecule has 0 aromatic heterocycles. The summed E-state index contributed by atoms with van der Waals surface area (Å²) >= 11 is 1.60. The molecule has 2 rings (SSSR count). The van der Waals surface area contributed by atoms with Crippen LogP contribution < -0.4 is 5.32 Å². The third-order valence-corrected chi connectivity index (χ3v) is 4.75. The second-order valence-electron chi connectivity index (χ2n) is 5.82. The van der Waals surface area contributed by atoms with E-state index in [9.17, 15) is 4.79 Å². The molecule has 2 nitrogen and oxygen atoms in total. The number of rotatable bonds is 5. The molecule has 0 spiro atoms. The van der Waals surface area contributed by atoms with Gasteiger partial charge in [-0.2, -0.15) is 0 Å². The summed E-state index contributed by atoms with van der Waals surface area (Å²) in [5.74, 6) is 0.0597. The highest BCUT2D eigenvalue weighted by atomic mass is 32.2. The summed E-state index contributed by atoms with van der Waals surface area (Å²) in [6, 6.07) is 16.4. The van der Waals surface area contributed by atoms with E-state index in [1.807, 2.05) is 44.2 Å². The summed E-state index contributed by atoms with van der Waals surface area (Å²) in [6.45, 7) is 8.18. The first kappa shape index (κ1) is 16.6. The number of amides is 1. The van der Waals surface area contributed by atoms with Gasteiger partial charge in [0, 0.05) is 10.9 Å². The van der Waals surface area contributed by atoms with Crippen molar-refractivity contribution in [3.8, 4) is 0 Å². The van der Waals surface area contributed by atoms with Crippen molar-refractivity contribution in [3.63, 3.8) is 0 Å². The van der Waals surface area contributed by atoms with E-state index in [2.05, 4.69) is 37.4 Å². The molecule has 2 aromatic carbocycles. The summed E-state index contributed by atoms with van der Waals surface area (Å²) in [5.41, 5.74) is 3.55. The van der Waals surface area contributed by atoms with Gasteiger partial charge in [0.1, 0.15) is 5.25 Å². The lowest BCUT2D eigenvalue weighted by Crippen LogP contribution is -2.33. The largest absolute Gasteiger partial charge is 0.353 e. The Morgan fingerprint density at radius 3 is 2.27 bits per heavy atom. The number of carbonyl (C=O) groups is 1. The lowest BCUT2D eigenvalue weighted by Gasteiger charge is -2.19. The summed E-state index contributed by atoms with van der Waals surface area (Å²) in [4.78, 5) is 13.7. The van der Waals surface area contributed by atoms with Crippen molar-refractivity contribution in [1.82, 2.24) is 5.32 Å². The molecule has 0 aliphatic rings. The molecular formula is C19H23NOS. The number of carbonyl (C=O) groups excluding carboxylic acids is 1. The summed E-state index contributed by atoms with van der Waals surface area (Å²) in [7, 11) is 0. The fourth-order valence-electron chi connectivity index (χ4n) is 2.18. The zero-order valence-electron chi connectivity index (χ0n) is 13.6. The fourth-order valence-corrected chi connectivity index (χ4v) is 3.32. The predicted molar refractivity (Wildman–Crippen MR) is 94.2 cm³/mol. The van der Waals surface area contributed by atoms with Gasteiger partial charge in [0.25, 0.3) is 0 Å². The molecule has 22 heavy (non-hydrogen) atoms. The average Bonchev–Trinajstić information content (AvgIpc) is 2.48. The molecule has 0 fully saturated rings. The van der Waals surface area contributed by atoms with Crippen LogP contribution in [0, 0.1) is 13.8 Å². The smallest absolute Gasteiger partial charge is 0.238 e. The second kappa shape index (κ2) is 7.50. The lowest BCUT2D eigenvalue weighted by molar-refractivity contribution is -0.121. The molecule has 0 bridgehead atoms. The van der Waals surface area contributed by atoms with E-state index in [0.717, 1.165) is 10.5 Å². The van der Waals surface area contributed by atoms with Crippen LogP contribution in [0.4, 0.5) is 0 Å². The van der Waals surface area contributed by atoms with E-state index in [-0.39, 0.29) is 17.2 Å². The van der Waals surface area contributed by atoms with Gasteiger partial charge in [-0.25, -0.2) is 0 Å². The first-order valence-corrected chi connectivity index (χ1v) is 8.44. The first-order chi connectivity index (χ1) is 10.5. The van der Waals surface area contributed by atoms with Crippen LogP contribution in [0.2, 0.25) is 0 Å². The maximum Gasteiger partial charge on any atom is 0.238 e. The van der Waals surface area contributed by atoms with Gasteiger partial charge in [-0.15, -0.1) is 11.8 Å². The van der Waals surface area contributed by atoms with Crippen LogP contribution >= 0.6 is 11.8 Å².